The van der Waals surface area contributed by atoms with Crippen molar-refractivity contribution in [2.24, 2.45) is 4.99 Å². The SMILES string of the molecule is CN=C(NCC(C)Oc1ccc(F)cc1)NC(C)CCS(C)(=O)=O. The second-order valence-electron chi connectivity index (χ2n) is 5.80. The van der Waals surface area contributed by atoms with Crippen molar-refractivity contribution in [1.29, 1.82) is 0 Å². The first-order valence-corrected chi connectivity index (χ1v) is 9.83. The van der Waals surface area contributed by atoms with E-state index >= 15 is 0 Å². The van der Waals surface area contributed by atoms with Crippen molar-refractivity contribution in [3.63, 3.8) is 0 Å². The molecular formula is C16H26FN3O3S. The second kappa shape index (κ2) is 9.46. The van der Waals surface area contributed by atoms with Gasteiger partial charge in [0.2, 0.25) is 0 Å². The normalized spacial score (nSPS) is 14.8. The third kappa shape index (κ3) is 8.71. The van der Waals surface area contributed by atoms with Gasteiger partial charge in [0.05, 0.1) is 12.3 Å². The van der Waals surface area contributed by atoms with Crippen LogP contribution in [0.2, 0.25) is 0 Å². The first kappa shape index (κ1) is 20.2. The molecule has 0 aliphatic heterocycles. The van der Waals surface area contributed by atoms with Crippen molar-refractivity contribution in [3.8, 4) is 5.75 Å². The van der Waals surface area contributed by atoms with Crippen LogP contribution in [0.1, 0.15) is 20.3 Å². The van der Waals surface area contributed by atoms with Gasteiger partial charge in [-0.3, -0.25) is 4.99 Å². The third-order valence-corrected chi connectivity index (χ3v) is 4.21. The van der Waals surface area contributed by atoms with E-state index in [9.17, 15) is 12.8 Å². The van der Waals surface area contributed by atoms with Crippen molar-refractivity contribution in [2.75, 3.05) is 25.6 Å². The smallest absolute Gasteiger partial charge is 0.191 e. The maximum absolute atomic E-state index is 12.9. The third-order valence-electron chi connectivity index (χ3n) is 3.24. The number of hydrogen-bond donors (Lipinski definition) is 2. The fourth-order valence-electron chi connectivity index (χ4n) is 1.92. The van der Waals surface area contributed by atoms with Gasteiger partial charge in [-0.05, 0) is 44.5 Å². The molecule has 0 fully saturated rings. The standard InChI is InChI=1S/C16H26FN3O3S/c1-12(9-10-24(4,21)22)20-16(18-3)19-11-13(2)23-15-7-5-14(17)6-8-15/h5-8,12-13H,9-11H2,1-4H3,(H2,18,19,20). The molecule has 0 saturated heterocycles. The molecule has 0 saturated carbocycles. The van der Waals surface area contributed by atoms with Crippen molar-refractivity contribution in [3.05, 3.63) is 30.1 Å². The van der Waals surface area contributed by atoms with Crippen LogP contribution in [-0.4, -0.2) is 52.1 Å². The summed E-state index contributed by atoms with van der Waals surface area (Å²) in [5, 5.41) is 6.25. The van der Waals surface area contributed by atoms with Crippen LogP contribution in [0.3, 0.4) is 0 Å². The Morgan fingerprint density at radius 1 is 1.29 bits per heavy atom. The minimum atomic E-state index is -2.97. The largest absolute Gasteiger partial charge is 0.489 e. The average Bonchev–Trinajstić information content (AvgIpc) is 2.51. The topological polar surface area (TPSA) is 79.8 Å². The molecular weight excluding hydrogens is 333 g/mol. The molecule has 0 aliphatic carbocycles. The highest BCUT2D eigenvalue weighted by Crippen LogP contribution is 2.12. The Bertz CT molecular complexity index is 632. The number of nitrogens with zero attached hydrogens (tertiary/aromatic N) is 1. The highest BCUT2D eigenvalue weighted by atomic mass is 32.2. The zero-order chi connectivity index (χ0) is 18.2. The second-order valence-corrected chi connectivity index (χ2v) is 8.06. The molecule has 0 aromatic heterocycles. The number of nitrogens with one attached hydrogen (secondary N) is 2. The summed E-state index contributed by atoms with van der Waals surface area (Å²) in [6, 6.07) is 5.82. The zero-order valence-electron chi connectivity index (χ0n) is 14.5. The highest BCUT2D eigenvalue weighted by Gasteiger charge is 2.11. The number of ether oxygens (including phenoxy) is 1. The average molecular weight is 359 g/mol. The van der Waals surface area contributed by atoms with Gasteiger partial charge in [0, 0.05) is 19.3 Å². The molecule has 1 aromatic rings. The first-order chi connectivity index (χ1) is 11.2. The zero-order valence-corrected chi connectivity index (χ0v) is 15.4. The summed E-state index contributed by atoms with van der Waals surface area (Å²) in [5.74, 6) is 0.990. The van der Waals surface area contributed by atoms with Gasteiger partial charge in [-0.1, -0.05) is 0 Å². The van der Waals surface area contributed by atoms with Crippen molar-refractivity contribution < 1.29 is 17.5 Å². The van der Waals surface area contributed by atoms with Crippen LogP contribution in [0.15, 0.2) is 29.3 Å². The lowest BCUT2D eigenvalue weighted by atomic mass is 10.3. The maximum Gasteiger partial charge on any atom is 0.191 e. The van der Waals surface area contributed by atoms with Crippen molar-refractivity contribution in [2.45, 2.75) is 32.4 Å². The molecule has 1 aromatic carbocycles. The predicted molar refractivity (Wildman–Crippen MR) is 94.8 cm³/mol. The number of guanidine groups is 1. The molecule has 0 amide bonds. The fraction of sp³-hybridized carbons (Fsp3) is 0.562. The van der Waals surface area contributed by atoms with E-state index in [2.05, 4.69) is 15.6 Å². The Morgan fingerprint density at radius 2 is 1.92 bits per heavy atom. The van der Waals surface area contributed by atoms with Gasteiger partial charge in [-0.15, -0.1) is 0 Å². The van der Waals surface area contributed by atoms with E-state index in [1.54, 1.807) is 19.2 Å². The van der Waals surface area contributed by atoms with E-state index in [1.807, 2.05) is 13.8 Å². The molecule has 24 heavy (non-hydrogen) atoms. The lowest BCUT2D eigenvalue weighted by Crippen LogP contribution is -2.45. The van der Waals surface area contributed by atoms with Crippen LogP contribution in [-0.2, 0) is 9.84 Å². The van der Waals surface area contributed by atoms with Crippen LogP contribution in [0, 0.1) is 5.82 Å². The molecule has 1 rings (SSSR count). The number of halogens is 1. The first-order valence-electron chi connectivity index (χ1n) is 7.76. The van der Waals surface area contributed by atoms with Crippen LogP contribution < -0.4 is 15.4 Å². The van der Waals surface area contributed by atoms with Gasteiger partial charge in [0.25, 0.3) is 0 Å². The molecule has 0 spiro atoms. The molecule has 0 bridgehead atoms. The van der Waals surface area contributed by atoms with Gasteiger partial charge >= 0.3 is 0 Å². The summed E-state index contributed by atoms with van der Waals surface area (Å²) in [6.07, 6.45) is 1.57. The molecule has 2 atom stereocenters. The van der Waals surface area contributed by atoms with E-state index < -0.39 is 9.84 Å². The maximum atomic E-state index is 12.9. The predicted octanol–water partition coefficient (Wildman–Crippen LogP) is 1.58. The van der Waals surface area contributed by atoms with Gasteiger partial charge in [0.15, 0.2) is 5.96 Å². The van der Waals surface area contributed by atoms with Gasteiger partial charge in [-0.25, -0.2) is 12.8 Å². The number of benzene rings is 1. The van der Waals surface area contributed by atoms with Gasteiger partial charge in [0.1, 0.15) is 27.5 Å². The summed E-state index contributed by atoms with van der Waals surface area (Å²) in [7, 11) is -1.33. The molecule has 8 heteroatoms. The van der Waals surface area contributed by atoms with Gasteiger partial charge in [-0.2, -0.15) is 0 Å². The van der Waals surface area contributed by atoms with E-state index in [4.69, 9.17) is 4.74 Å². The Balaban J connectivity index is 2.38. The fourth-order valence-corrected chi connectivity index (χ4v) is 2.70. The molecule has 0 heterocycles. The molecule has 2 N–H and O–H groups in total. The van der Waals surface area contributed by atoms with E-state index in [1.165, 1.54) is 18.4 Å². The quantitative estimate of drug-likeness (QED) is 0.544. The summed E-state index contributed by atoms with van der Waals surface area (Å²) < 4.78 is 40.9. The van der Waals surface area contributed by atoms with Crippen LogP contribution in [0.25, 0.3) is 0 Å². The number of sulfone groups is 1. The summed E-state index contributed by atoms with van der Waals surface area (Å²) in [6.45, 7) is 4.28. The Morgan fingerprint density at radius 3 is 2.46 bits per heavy atom. The molecule has 136 valence electrons. The van der Waals surface area contributed by atoms with E-state index in [-0.39, 0.29) is 23.7 Å². The van der Waals surface area contributed by atoms with Crippen LogP contribution >= 0.6 is 0 Å². The Kier molecular flexibility index (Phi) is 7.97. The Hall–Kier alpha value is -1.83. The molecule has 2 unspecified atom stereocenters. The number of rotatable bonds is 8. The van der Waals surface area contributed by atoms with Gasteiger partial charge < -0.3 is 15.4 Å². The molecule has 6 nitrogen and oxygen atoms in total. The monoisotopic (exact) mass is 359 g/mol. The minimum absolute atomic E-state index is 0.0285. The van der Waals surface area contributed by atoms with E-state index in [0.29, 0.717) is 24.7 Å². The summed E-state index contributed by atoms with van der Waals surface area (Å²) in [4.78, 5) is 4.10. The lowest BCUT2D eigenvalue weighted by molar-refractivity contribution is 0.223. The summed E-state index contributed by atoms with van der Waals surface area (Å²) in [5.41, 5.74) is 0. The van der Waals surface area contributed by atoms with Crippen molar-refractivity contribution >= 4 is 15.8 Å². The number of aliphatic imine (C=N–C) groups is 1. The number of hydrogen-bond acceptors (Lipinski definition) is 4. The Labute approximate surface area is 143 Å². The minimum Gasteiger partial charge on any atom is -0.489 e. The molecule has 0 aliphatic rings. The van der Waals surface area contributed by atoms with Crippen LogP contribution in [0.4, 0.5) is 4.39 Å². The van der Waals surface area contributed by atoms with Crippen LogP contribution in [0.5, 0.6) is 5.75 Å². The van der Waals surface area contributed by atoms with E-state index in [0.717, 1.165) is 0 Å². The lowest BCUT2D eigenvalue weighted by Gasteiger charge is -2.20. The molecule has 0 radical (unpaired) electrons. The highest BCUT2D eigenvalue weighted by molar-refractivity contribution is 7.90. The van der Waals surface area contributed by atoms with Crippen molar-refractivity contribution in [1.82, 2.24) is 10.6 Å². The summed E-state index contributed by atoms with van der Waals surface area (Å²) >= 11 is 0.